The van der Waals surface area contributed by atoms with Crippen LogP contribution in [0.3, 0.4) is 0 Å². The predicted molar refractivity (Wildman–Crippen MR) is 34.7 cm³/mol. The van der Waals surface area contributed by atoms with E-state index in [9.17, 15) is 0 Å². The van der Waals surface area contributed by atoms with Gasteiger partial charge in [-0.2, -0.15) is 0 Å². The third-order valence-corrected chi connectivity index (χ3v) is 1.19. The maximum atomic E-state index is 2.22. The number of halogens is 3. The van der Waals surface area contributed by atoms with Crippen molar-refractivity contribution in [2.24, 2.45) is 0 Å². The summed E-state index contributed by atoms with van der Waals surface area (Å²) >= 11 is 0. The Labute approximate surface area is 107 Å². The van der Waals surface area contributed by atoms with Gasteiger partial charge in [-0.1, -0.05) is 31.4 Å². The first-order valence-corrected chi connectivity index (χ1v) is 2.73. The summed E-state index contributed by atoms with van der Waals surface area (Å²) in [5.41, 5.74) is 0. The third-order valence-electron chi connectivity index (χ3n) is 1.19. The summed E-state index contributed by atoms with van der Waals surface area (Å²) < 4.78 is 0. The molecule has 1 heterocycles. The van der Waals surface area contributed by atoms with Gasteiger partial charge in [-0.25, -0.2) is 0 Å². The van der Waals surface area contributed by atoms with Crippen molar-refractivity contribution in [1.82, 2.24) is 0 Å². The second-order valence-electron chi connectivity index (χ2n) is 2.03. The molecule has 0 atom stereocenters. The number of hydrogen-bond acceptors (Lipinski definition) is 0. The Kier molecular flexibility index (Phi) is 28.7. The summed E-state index contributed by atoms with van der Waals surface area (Å²) in [6.45, 7) is 2.99. The van der Waals surface area contributed by atoms with Crippen LogP contribution in [0, 0.1) is 0 Å². The van der Waals surface area contributed by atoms with Crippen LogP contribution in [0.25, 0.3) is 0 Å². The topological polar surface area (TPSA) is 0 Å². The van der Waals surface area contributed by atoms with Crippen molar-refractivity contribution in [3.05, 3.63) is 24.2 Å². The number of hydrogen-bond donors (Lipinski definition) is 0. The largest absolute Gasteiger partial charge is 3.00 e. The molecule has 1 aliphatic heterocycles. The zero-order chi connectivity index (χ0) is 5.11. The molecule has 0 bridgehead atoms. The van der Waals surface area contributed by atoms with E-state index in [0.717, 1.165) is 6.71 Å². The molecule has 0 aromatic carbocycles. The molecule has 0 nitrogen and oxygen atoms in total. The molecular formula is C6H9BCl3Zr. The predicted octanol–water partition coefficient (Wildman–Crippen LogP) is -7.21. The second kappa shape index (κ2) is 13.9. The van der Waals surface area contributed by atoms with E-state index < -0.39 is 0 Å². The summed E-state index contributed by atoms with van der Waals surface area (Å²) in [5.74, 6) is 2.22. The molecule has 61 valence electrons. The van der Waals surface area contributed by atoms with Crippen molar-refractivity contribution in [2.45, 2.75) is 13.1 Å². The van der Waals surface area contributed by atoms with Gasteiger partial charge in [-0.05, 0) is 0 Å². The third kappa shape index (κ3) is 11.3. The monoisotopic (exact) mass is 287 g/mol. The van der Waals surface area contributed by atoms with Gasteiger partial charge >= 0.3 is 26.2 Å². The van der Waals surface area contributed by atoms with E-state index in [1.807, 2.05) is 0 Å². The second-order valence-corrected chi connectivity index (χ2v) is 2.03. The zero-order valence-electron chi connectivity index (χ0n) is 6.23. The van der Waals surface area contributed by atoms with E-state index in [2.05, 4.69) is 31.0 Å². The fraction of sp³-hybridized carbons (Fsp3) is 0.333. The molecule has 0 N–H and O–H groups in total. The average molecular weight is 290 g/mol. The van der Waals surface area contributed by atoms with Gasteiger partial charge in [-0.15, -0.1) is 5.98 Å². The maximum absolute atomic E-state index is 2.22. The Morgan fingerprint density at radius 1 is 1.09 bits per heavy atom. The summed E-state index contributed by atoms with van der Waals surface area (Å²) in [5, 5.41) is 0. The minimum absolute atomic E-state index is 0. The van der Waals surface area contributed by atoms with E-state index in [0.29, 0.717) is 0 Å². The zero-order valence-corrected chi connectivity index (χ0v) is 11.0. The molecule has 0 fully saturated rings. The SMILES string of the molecule is CB1C=CC=CC1.[Cl-].[Cl-].[Cl-].[Zr+3]. The van der Waals surface area contributed by atoms with Gasteiger partial charge in [0, 0.05) is 0 Å². The molecule has 0 unspecified atom stereocenters. The van der Waals surface area contributed by atoms with Crippen molar-refractivity contribution >= 4 is 6.71 Å². The molecule has 0 aromatic rings. The molecule has 0 saturated heterocycles. The minimum atomic E-state index is 0. The van der Waals surface area contributed by atoms with E-state index in [-0.39, 0.29) is 63.4 Å². The van der Waals surface area contributed by atoms with Crippen molar-refractivity contribution in [1.29, 1.82) is 0 Å². The standard InChI is InChI=1S/C6H9B.3ClH.Zr/c1-7-5-3-2-4-6-7;;;;/h2-5H,6H2,1H3;3*1H;/q;;;;+3/p-3. The normalized spacial score (nSPS) is 11.5. The summed E-state index contributed by atoms with van der Waals surface area (Å²) in [6, 6.07) is 0. The van der Waals surface area contributed by atoms with Crippen LogP contribution < -0.4 is 37.2 Å². The molecule has 5 heteroatoms. The van der Waals surface area contributed by atoms with Crippen LogP contribution in [0.1, 0.15) is 0 Å². The van der Waals surface area contributed by atoms with Crippen LogP contribution in [0.5, 0.6) is 0 Å². The van der Waals surface area contributed by atoms with Gasteiger partial charge in [-0.3, -0.25) is 0 Å². The molecule has 0 amide bonds. The van der Waals surface area contributed by atoms with Crippen LogP contribution in [0.15, 0.2) is 24.2 Å². The first-order valence-electron chi connectivity index (χ1n) is 2.73. The van der Waals surface area contributed by atoms with Crippen LogP contribution in [0.4, 0.5) is 0 Å². The van der Waals surface area contributed by atoms with Gasteiger partial charge in [0.15, 0.2) is 6.71 Å². The van der Waals surface area contributed by atoms with Crippen LogP contribution in [-0.4, -0.2) is 6.71 Å². The summed E-state index contributed by atoms with van der Waals surface area (Å²) in [7, 11) is 0. The van der Waals surface area contributed by atoms with E-state index in [4.69, 9.17) is 0 Å². The maximum Gasteiger partial charge on any atom is 3.00 e. The van der Waals surface area contributed by atoms with Crippen LogP contribution in [-0.2, 0) is 26.2 Å². The Hall–Kier alpha value is 1.30. The average Bonchev–Trinajstić information content (AvgIpc) is 1.69. The Morgan fingerprint density at radius 3 is 1.82 bits per heavy atom. The van der Waals surface area contributed by atoms with E-state index in [1.165, 1.54) is 6.32 Å². The van der Waals surface area contributed by atoms with Gasteiger partial charge in [0.25, 0.3) is 0 Å². The summed E-state index contributed by atoms with van der Waals surface area (Å²) in [4.78, 5) is 0. The Bertz CT molecular complexity index is 116. The molecule has 0 saturated carbocycles. The first kappa shape index (κ1) is 22.8. The van der Waals surface area contributed by atoms with Gasteiger partial charge in [0.1, 0.15) is 0 Å². The van der Waals surface area contributed by atoms with Crippen molar-refractivity contribution in [2.75, 3.05) is 0 Å². The minimum Gasteiger partial charge on any atom is -1.00 e. The van der Waals surface area contributed by atoms with Crippen LogP contribution in [0.2, 0.25) is 13.1 Å². The summed E-state index contributed by atoms with van der Waals surface area (Å²) in [6.07, 6.45) is 7.62. The Balaban J connectivity index is -0.0000000612. The van der Waals surface area contributed by atoms with Gasteiger partial charge in [0.05, 0.1) is 0 Å². The van der Waals surface area contributed by atoms with Crippen molar-refractivity contribution in [3.63, 3.8) is 0 Å². The molecule has 0 aliphatic carbocycles. The van der Waals surface area contributed by atoms with Crippen molar-refractivity contribution in [3.8, 4) is 0 Å². The molecule has 11 heavy (non-hydrogen) atoms. The molecular weight excluding hydrogens is 280 g/mol. The first-order chi connectivity index (χ1) is 3.39. The Morgan fingerprint density at radius 2 is 1.64 bits per heavy atom. The van der Waals surface area contributed by atoms with Crippen molar-refractivity contribution < 1.29 is 63.4 Å². The van der Waals surface area contributed by atoms with E-state index >= 15 is 0 Å². The van der Waals surface area contributed by atoms with Gasteiger partial charge < -0.3 is 37.2 Å². The molecule has 1 radical (unpaired) electrons. The quantitative estimate of drug-likeness (QED) is 0.389. The molecule has 0 aromatic heterocycles. The van der Waals surface area contributed by atoms with Gasteiger partial charge in [0.2, 0.25) is 0 Å². The molecule has 1 aliphatic rings. The molecule has 1 rings (SSSR count). The fourth-order valence-electron chi connectivity index (χ4n) is 0.704. The smallest absolute Gasteiger partial charge is 1.00 e. The van der Waals surface area contributed by atoms with Crippen LogP contribution >= 0.6 is 0 Å². The number of rotatable bonds is 0. The number of allylic oxidation sites excluding steroid dienone is 3. The molecule has 0 spiro atoms. The fourth-order valence-corrected chi connectivity index (χ4v) is 0.704. The van der Waals surface area contributed by atoms with E-state index in [1.54, 1.807) is 0 Å².